The van der Waals surface area contributed by atoms with Gasteiger partial charge in [0.15, 0.2) is 0 Å². The molecule has 0 aromatic heterocycles. The number of benzene rings is 1. The van der Waals surface area contributed by atoms with Crippen molar-refractivity contribution in [2.24, 2.45) is 5.92 Å². The van der Waals surface area contributed by atoms with Crippen LogP contribution in [0.25, 0.3) is 0 Å². The maximum Gasteiger partial charge on any atom is 0.342 e. The van der Waals surface area contributed by atoms with Crippen LogP contribution in [0.15, 0.2) is 18.2 Å². The van der Waals surface area contributed by atoms with E-state index in [9.17, 15) is 14.9 Å². The predicted molar refractivity (Wildman–Crippen MR) is 67.5 cm³/mol. The number of aromatic carboxylic acids is 1. The fourth-order valence-corrected chi connectivity index (χ4v) is 2.05. The van der Waals surface area contributed by atoms with E-state index in [1.807, 2.05) is 0 Å². The third-order valence-electron chi connectivity index (χ3n) is 3.05. The van der Waals surface area contributed by atoms with Crippen molar-refractivity contribution in [2.75, 3.05) is 25.1 Å². The second-order valence-electron chi connectivity index (χ2n) is 4.37. The topological polar surface area (TPSA) is 102 Å². The first-order chi connectivity index (χ1) is 9.09. The van der Waals surface area contributed by atoms with E-state index in [0.29, 0.717) is 25.7 Å². The summed E-state index contributed by atoms with van der Waals surface area (Å²) in [5.74, 6) is -1.01. The summed E-state index contributed by atoms with van der Waals surface area (Å²) in [5, 5.41) is 22.9. The summed E-state index contributed by atoms with van der Waals surface area (Å²) >= 11 is 0. The van der Waals surface area contributed by atoms with E-state index < -0.39 is 16.6 Å². The van der Waals surface area contributed by atoms with E-state index in [2.05, 4.69) is 5.32 Å². The van der Waals surface area contributed by atoms with Crippen LogP contribution < -0.4 is 5.32 Å². The summed E-state index contributed by atoms with van der Waals surface area (Å²) in [6, 6.07) is 4.23. The molecule has 1 unspecified atom stereocenters. The Morgan fingerprint density at radius 1 is 1.58 bits per heavy atom. The summed E-state index contributed by atoms with van der Waals surface area (Å²) in [6.07, 6.45) is 0.902. The normalized spacial score (nSPS) is 18.2. The Morgan fingerprint density at radius 2 is 2.37 bits per heavy atom. The number of carbonyl (C=O) groups is 1. The molecule has 19 heavy (non-hydrogen) atoms. The summed E-state index contributed by atoms with van der Waals surface area (Å²) < 4.78 is 5.22. The smallest absolute Gasteiger partial charge is 0.342 e. The van der Waals surface area contributed by atoms with Crippen molar-refractivity contribution in [3.8, 4) is 0 Å². The SMILES string of the molecule is O=C(O)c1cccc(NCC2CCOC2)c1[N+](=O)[O-]. The Labute approximate surface area is 109 Å². The number of nitrogens with zero attached hydrogens (tertiary/aromatic N) is 1. The highest BCUT2D eigenvalue weighted by atomic mass is 16.6. The number of anilines is 1. The average Bonchev–Trinajstić information content (AvgIpc) is 2.88. The van der Waals surface area contributed by atoms with E-state index >= 15 is 0 Å². The summed E-state index contributed by atoms with van der Waals surface area (Å²) in [6.45, 7) is 1.85. The third-order valence-corrected chi connectivity index (χ3v) is 3.05. The van der Waals surface area contributed by atoms with Gasteiger partial charge in [0.1, 0.15) is 11.3 Å². The Bertz CT molecular complexity index is 497. The summed E-state index contributed by atoms with van der Waals surface area (Å²) in [4.78, 5) is 21.3. The highest BCUT2D eigenvalue weighted by Crippen LogP contribution is 2.29. The minimum atomic E-state index is -1.31. The molecule has 0 saturated carbocycles. The first-order valence-electron chi connectivity index (χ1n) is 5.92. The standard InChI is InChI=1S/C12H14N2O5/c15-12(16)9-2-1-3-10(11(9)14(17)18)13-6-8-4-5-19-7-8/h1-3,8,13H,4-7H2,(H,15,16). The van der Waals surface area contributed by atoms with Gasteiger partial charge >= 0.3 is 11.7 Å². The molecule has 102 valence electrons. The molecule has 2 N–H and O–H groups in total. The number of nitrogens with one attached hydrogen (secondary N) is 1. The number of carboxylic acids is 1. The molecule has 1 aromatic rings. The lowest BCUT2D eigenvalue weighted by atomic mass is 10.1. The molecule has 1 fully saturated rings. The number of carboxylic acid groups (broad SMARTS) is 1. The molecule has 0 aliphatic carbocycles. The van der Waals surface area contributed by atoms with Crippen molar-refractivity contribution in [2.45, 2.75) is 6.42 Å². The van der Waals surface area contributed by atoms with Gasteiger partial charge in [-0.3, -0.25) is 10.1 Å². The van der Waals surface area contributed by atoms with E-state index in [-0.39, 0.29) is 11.3 Å². The molecule has 0 amide bonds. The summed E-state index contributed by atoms with van der Waals surface area (Å²) in [7, 11) is 0. The number of rotatable bonds is 5. The van der Waals surface area contributed by atoms with Gasteiger partial charge in [0.25, 0.3) is 0 Å². The monoisotopic (exact) mass is 266 g/mol. The Morgan fingerprint density at radius 3 is 2.95 bits per heavy atom. The molecule has 0 spiro atoms. The van der Waals surface area contributed by atoms with Crippen LogP contribution in [0, 0.1) is 16.0 Å². The molecular formula is C12H14N2O5. The lowest BCUT2D eigenvalue weighted by Crippen LogP contribution is -2.15. The molecule has 2 rings (SSSR count). The van der Waals surface area contributed by atoms with Crippen molar-refractivity contribution in [1.82, 2.24) is 0 Å². The van der Waals surface area contributed by atoms with Gasteiger partial charge in [-0.25, -0.2) is 4.79 Å². The van der Waals surface area contributed by atoms with Gasteiger partial charge < -0.3 is 15.2 Å². The van der Waals surface area contributed by atoms with Crippen molar-refractivity contribution >= 4 is 17.3 Å². The van der Waals surface area contributed by atoms with Crippen LogP contribution in [0.5, 0.6) is 0 Å². The van der Waals surface area contributed by atoms with Gasteiger partial charge in [-0.05, 0) is 18.6 Å². The van der Waals surface area contributed by atoms with Crippen LogP contribution >= 0.6 is 0 Å². The number of hydrogen-bond acceptors (Lipinski definition) is 5. The predicted octanol–water partition coefficient (Wildman–Crippen LogP) is 1.74. The van der Waals surface area contributed by atoms with Crippen LogP contribution in [0.3, 0.4) is 0 Å². The zero-order valence-electron chi connectivity index (χ0n) is 10.2. The first-order valence-corrected chi connectivity index (χ1v) is 5.92. The third kappa shape index (κ3) is 3.00. The van der Waals surface area contributed by atoms with Gasteiger partial charge in [0.05, 0.1) is 11.5 Å². The highest BCUT2D eigenvalue weighted by molar-refractivity contribution is 5.95. The quantitative estimate of drug-likeness (QED) is 0.621. The van der Waals surface area contributed by atoms with E-state index in [0.717, 1.165) is 6.42 Å². The number of para-hydroxylation sites is 1. The molecule has 1 aliphatic heterocycles. The van der Waals surface area contributed by atoms with Gasteiger partial charge in [-0.2, -0.15) is 0 Å². The average molecular weight is 266 g/mol. The van der Waals surface area contributed by atoms with Gasteiger partial charge in [0.2, 0.25) is 0 Å². The molecule has 0 radical (unpaired) electrons. The molecule has 1 aromatic carbocycles. The van der Waals surface area contributed by atoms with Crippen molar-refractivity contribution < 1.29 is 19.6 Å². The van der Waals surface area contributed by atoms with Gasteiger partial charge in [0, 0.05) is 19.1 Å². The minimum absolute atomic E-state index is 0.233. The molecule has 1 atom stereocenters. The van der Waals surface area contributed by atoms with Crippen molar-refractivity contribution in [3.63, 3.8) is 0 Å². The molecule has 1 saturated heterocycles. The van der Waals surface area contributed by atoms with E-state index in [1.54, 1.807) is 0 Å². The van der Waals surface area contributed by atoms with Crippen LogP contribution in [0.1, 0.15) is 16.8 Å². The highest BCUT2D eigenvalue weighted by Gasteiger charge is 2.25. The van der Waals surface area contributed by atoms with E-state index in [4.69, 9.17) is 9.84 Å². The fraction of sp³-hybridized carbons (Fsp3) is 0.417. The van der Waals surface area contributed by atoms with Crippen molar-refractivity contribution in [1.29, 1.82) is 0 Å². The van der Waals surface area contributed by atoms with Crippen LogP contribution in [-0.4, -0.2) is 35.8 Å². The number of nitro groups is 1. The zero-order valence-corrected chi connectivity index (χ0v) is 10.2. The molecular weight excluding hydrogens is 252 g/mol. The first kappa shape index (κ1) is 13.3. The maximum atomic E-state index is 11.0. The molecule has 7 nitrogen and oxygen atoms in total. The molecule has 1 aliphatic rings. The largest absolute Gasteiger partial charge is 0.477 e. The molecule has 0 bridgehead atoms. The zero-order chi connectivity index (χ0) is 13.8. The molecule has 7 heteroatoms. The second kappa shape index (κ2) is 5.66. The minimum Gasteiger partial charge on any atom is -0.477 e. The lowest BCUT2D eigenvalue weighted by Gasteiger charge is -2.11. The van der Waals surface area contributed by atoms with E-state index in [1.165, 1.54) is 18.2 Å². The molecule has 1 heterocycles. The van der Waals surface area contributed by atoms with Gasteiger partial charge in [-0.15, -0.1) is 0 Å². The van der Waals surface area contributed by atoms with Crippen LogP contribution in [0.4, 0.5) is 11.4 Å². The lowest BCUT2D eigenvalue weighted by molar-refractivity contribution is -0.384. The number of ether oxygens (including phenoxy) is 1. The van der Waals surface area contributed by atoms with Crippen molar-refractivity contribution in [3.05, 3.63) is 33.9 Å². The van der Waals surface area contributed by atoms with Crippen LogP contribution in [0.2, 0.25) is 0 Å². The summed E-state index contributed by atoms with van der Waals surface area (Å²) in [5.41, 5.74) is -0.469. The Balaban J connectivity index is 2.20. The number of hydrogen-bond donors (Lipinski definition) is 2. The fourth-order valence-electron chi connectivity index (χ4n) is 2.05. The Hall–Kier alpha value is -2.15. The Kier molecular flexibility index (Phi) is 3.96. The van der Waals surface area contributed by atoms with Gasteiger partial charge in [-0.1, -0.05) is 6.07 Å². The van der Waals surface area contributed by atoms with Crippen LogP contribution in [-0.2, 0) is 4.74 Å². The number of nitro benzene ring substituents is 1. The maximum absolute atomic E-state index is 11.0. The second-order valence-corrected chi connectivity index (χ2v) is 4.37.